The third-order valence-electron chi connectivity index (χ3n) is 3.23. The normalized spacial score (nSPS) is 10.9. The van der Waals surface area contributed by atoms with Gasteiger partial charge in [-0.25, -0.2) is 9.18 Å². The fraction of sp³-hybridized carbons (Fsp3) is 0.133. The van der Waals surface area contributed by atoms with Crippen molar-refractivity contribution in [2.45, 2.75) is 6.42 Å². The number of rotatable bonds is 4. The molecular weight excluding hydrogens is 273 g/mol. The molecule has 0 atom stereocenters. The average molecular weight is 287 g/mol. The lowest BCUT2D eigenvalue weighted by molar-refractivity contribution is 0.555. The average Bonchev–Trinajstić information content (AvgIpc) is 2.80. The Hall–Kier alpha value is -2.76. The molecule has 0 spiro atoms. The van der Waals surface area contributed by atoms with Crippen LogP contribution >= 0.6 is 0 Å². The van der Waals surface area contributed by atoms with E-state index < -0.39 is 5.76 Å². The van der Waals surface area contributed by atoms with Gasteiger partial charge in [0.05, 0.1) is 16.9 Å². The summed E-state index contributed by atoms with van der Waals surface area (Å²) in [7, 11) is 0. The van der Waals surface area contributed by atoms with E-state index in [1.54, 1.807) is 24.3 Å². The minimum Gasteiger partial charge on any atom is -0.408 e. The van der Waals surface area contributed by atoms with Crippen molar-refractivity contribution in [3.63, 3.8) is 0 Å². The molecule has 0 saturated heterocycles. The largest absolute Gasteiger partial charge is 0.417 e. The highest BCUT2D eigenvalue weighted by Gasteiger charge is 2.06. The second-order valence-corrected chi connectivity index (χ2v) is 4.75. The van der Waals surface area contributed by atoms with E-state index in [-0.39, 0.29) is 5.82 Å². The van der Waals surface area contributed by atoms with Crippen LogP contribution in [0.5, 0.6) is 0 Å². The summed E-state index contributed by atoms with van der Waals surface area (Å²) in [5, 5.41) is 3.19. The van der Waals surface area contributed by atoms with Crippen molar-refractivity contribution < 1.29 is 8.81 Å². The van der Waals surface area contributed by atoms with Gasteiger partial charge in [0.15, 0.2) is 5.58 Å². The van der Waals surface area contributed by atoms with Gasteiger partial charge in [-0.1, -0.05) is 12.1 Å². The first-order valence-corrected chi connectivity index (χ1v) is 6.52. The van der Waals surface area contributed by atoms with E-state index in [2.05, 4.69) is 10.3 Å². The molecule has 0 fully saturated rings. The van der Waals surface area contributed by atoms with Gasteiger partial charge in [-0.15, -0.1) is 0 Å². The maximum atomic E-state index is 12.8. The molecule has 0 bridgehead atoms. The third kappa shape index (κ3) is 2.89. The fourth-order valence-electron chi connectivity index (χ4n) is 2.16. The number of hydrogen-bond acceptors (Lipinski definition) is 4. The predicted octanol–water partition coefficient (Wildman–Crippen LogP) is 2.50. The summed E-state index contributed by atoms with van der Waals surface area (Å²) in [6.07, 6.45) is 0.736. The Balaban J connectivity index is 1.71. The maximum absolute atomic E-state index is 12.8. The SMILES string of the molecule is Nc1cc2oc(=O)[nH]c2cc1NCCc1ccc(F)cc1. The maximum Gasteiger partial charge on any atom is 0.417 e. The third-order valence-corrected chi connectivity index (χ3v) is 3.23. The van der Waals surface area contributed by atoms with Crippen molar-refractivity contribution in [3.05, 3.63) is 58.3 Å². The van der Waals surface area contributed by atoms with Crippen LogP contribution in [0.15, 0.2) is 45.6 Å². The van der Waals surface area contributed by atoms with Crippen LogP contribution in [-0.2, 0) is 6.42 Å². The summed E-state index contributed by atoms with van der Waals surface area (Å²) in [5.74, 6) is -0.752. The van der Waals surface area contributed by atoms with Crippen LogP contribution < -0.4 is 16.8 Å². The predicted molar refractivity (Wildman–Crippen MR) is 79.8 cm³/mol. The first kappa shape index (κ1) is 13.2. The van der Waals surface area contributed by atoms with E-state index in [4.69, 9.17) is 10.2 Å². The van der Waals surface area contributed by atoms with E-state index in [0.717, 1.165) is 17.7 Å². The highest BCUT2D eigenvalue weighted by molar-refractivity contribution is 5.85. The summed E-state index contributed by atoms with van der Waals surface area (Å²) in [6.45, 7) is 0.642. The summed E-state index contributed by atoms with van der Waals surface area (Å²) in [4.78, 5) is 13.7. The molecule has 6 heteroatoms. The lowest BCUT2D eigenvalue weighted by Gasteiger charge is -2.09. The van der Waals surface area contributed by atoms with E-state index in [1.165, 1.54) is 12.1 Å². The van der Waals surface area contributed by atoms with Crippen LogP contribution in [-0.4, -0.2) is 11.5 Å². The van der Waals surface area contributed by atoms with E-state index in [0.29, 0.717) is 23.3 Å². The first-order chi connectivity index (χ1) is 10.1. The topological polar surface area (TPSA) is 84.0 Å². The van der Waals surface area contributed by atoms with E-state index in [1.807, 2.05) is 0 Å². The second kappa shape index (κ2) is 5.32. The number of H-pyrrole nitrogens is 1. The van der Waals surface area contributed by atoms with Crippen LogP contribution in [0.4, 0.5) is 15.8 Å². The van der Waals surface area contributed by atoms with Crippen LogP contribution in [0.1, 0.15) is 5.56 Å². The van der Waals surface area contributed by atoms with Gasteiger partial charge in [-0.05, 0) is 30.2 Å². The second-order valence-electron chi connectivity index (χ2n) is 4.75. The minimum atomic E-state index is -0.507. The zero-order chi connectivity index (χ0) is 14.8. The van der Waals surface area contributed by atoms with Crippen molar-refractivity contribution >= 4 is 22.5 Å². The number of hydrogen-bond donors (Lipinski definition) is 3. The minimum absolute atomic E-state index is 0.245. The number of benzene rings is 2. The van der Waals surface area contributed by atoms with Gasteiger partial charge in [-0.2, -0.15) is 0 Å². The highest BCUT2D eigenvalue weighted by Crippen LogP contribution is 2.24. The molecule has 0 aliphatic heterocycles. The van der Waals surface area contributed by atoms with Crippen molar-refractivity contribution in [1.82, 2.24) is 4.98 Å². The van der Waals surface area contributed by atoms with Gasteiger partial charge in [-0.3, -0.25) is 4.98 Å². The van der Waals surface area contributed by atoms with E-state index in [9.17, 15) is 9.18 Å². The molecule has 0 aliphatic carbocycles. The van der Waals surface area contributed by atoms with Gasteiger partial charge >= 0.3 is 5.76 Å². The Morgan fingerprint density at radius 3 is 2.76 bits per heavy atom. The smallest absolute Gasteiger partial charge is 0.408 e. The Bertz CT molecular complexity index is 821. The van der Waals surface area contributed by atoms with Gasteiger partial charge in [0.25, 0.3) is 0 Å². The Morgan fingerprint density at radius 1 is 1.24 bits per heavy atom. The summed E-state index contributed by atoms with van der Waals surface area (Å²) in [6, 6.07) is 9.71. The lowest BCUT2D eigenvalue weighted by atomic mass is 10.1. The van der Waals surface area contributed by atoms with Gasteiger partial charge < -0.3 is 15.5 Å². The Kier molecular flexibility index (Phi) is 3.35. The molecule has 3 aromatic rings. The van der Waals surface area contributed by atoms with E-state index >= 15 is 0 Å². The van der Waals surface area contributed by atoms with Crippen molar-refractivity contribution in [1.29, 1.82) is 0 Å². The number of aromatic amines is 1. The number of nitrogens with one attached hydrogen (secondary N) is 2. The molecule has 3 rings (SSSR count). The van der Waals surface area contributed by atoms with Gasteiger partial charge in [0.1, 0.15) is 5.82 Å². The van der Waals surface area contributed by atoms with Gasteiger partial charge in [0.2, 0.25) is 0 Å². The molecule has 1 heterocycles. The van der Waals surface area contributed by atoms with Crippen LogP contribution in [0.25, 0.3) is 11.1 Å². The summed E-state index contributed by atoms with van der Waals surface area (Å²) >= 11 is 0. The van der Waals surface area contributed by atoms with Gasteiger partial charge in [0, 0.05) is 12.6 Å². The standard InChI is InChI=1S/C15H14FN3O2/c16-10-3-1-9(2-4-10)5-6-18-12-8-13-14(7-11(12)17)21-15(20)19-13/h1-4,7-8,18H,5-6,17H2,(H,19,20). The monoisotopic (exact) mass is 287 g/mol. The molecule has 21 heavy (non-hydrogen) atoms. The lowest BCUT2D eigenvalue weighted by Crippen LogP contribution is -2.07. The van der Waals surface area contributed by atoms with Crippen molar-refractivity contribution in [3.8, 4) is 0 Å². The molecule has 5 nitrogen and oxygen atoms in total. The number of nitrogen functional groups attached to an aromatic ring is 1. The number of halogens is 1. The van der Waals surface area contributed by atoms with Crippen molar-refractivity contribution in [2.24, 2.45) is 0 Å². The Morgan fingerprint density at radius 2 is 2.00 bits per heavy atom. The molecule has 2 aromatic carbocycles. The molecule has 108 valence electrons. The number of nitrogens with two attached hydrogens (primary N) is 1. The molecule has 0 amide bonds. The number of aromatic nitrogens is 1. The fourth-order valence-corrected chi connectivity index (χ4v) is 2.16. The highest BCUT2D eigenvalue weighted by atomic mass is 19.1. The zero-order valence-corrected chi connectivity index (χ0v) is 11.2. The molecule has 0 unspecified atom stereocenters. The van der Waals surface area contributed by atoms with Crippen LogP contribution in [0.2, 0.25) is 0 Å². The van der Waals surface area contributed by atoms with Crippen molar-refractivity contribution in [2.75, 3.05) is 17.6 Å². The summed E-state index contributed by atoms with van der Waals surface area (Å²) in [5.41, 5.74) is 9.19. The number of oxazole rings is 1. The summed E-state index contributed by atoms with van der Waals surface area (Å²) < 4.78 is 17.7. The number of anilines is 2. The molecule has 1 aromatic heterocycles. The molecule has 0 radical (unpaired) electrons. The van der Waals surface area contributed by atoms with Crippen LogP contribution in [0, 0.1) is 5.82 Å². The molecular formula is C15H14FN3O2. The Labute approximate surface area is 119 Å². The zero-order valence-electron chi connectivity index (χ0n) is 11.2. The van der Waals surface area contributed by atoms with Crippen LogP contribution in [0.3, 0.4) is 0 Å². The quantitative estimate of drug-likeness (QED) is 0.644. The molecule has 0 aliphatic rings. The number of fused-ring (bicyclic) bond motifs is 1. The molecule has 4 N–H and O–H groups in total. The first-order valence-electron chi connectivity index (χ1n) is 6.52. The molecule has 0 saturated carbocycles.